The number of nitro benzene ring substituents is 2. The number of rotatable bonds is 2. The van der Waals surface area contributed by atoms with E-state index in [1.165, 1.54) is 0 Å². The van der Waals surface area contributed by atoms with Crippen LogP contribution in [0.5, 0.6) is 5.75 Å². The van der Waals surface area contributed by atoms with Gasteiger partial charge in [-0.15, -0.1) is 0 Å². The number of nitrogens with zero attached hydrogens (tertiary/aromatic N) is 2. The first-order valence-corrected chi connectivity index (χ1v) is 3.14. The molecule has 0 aliphatic rings. The fourth-order valence-electron chi connectivity index (χ4n) is 0.772. The molecule has 0 heterocycles. The van der Waals surface area contributed by atoms with Crippen LogP contribution >= 0.6 is 0 Å². The van der Waals surface area contributed by atoms with Gasteiger partial charge in [0.25, 0.3) is 5.69 Å². The minimum absolute atomic E-state index is 0. The van der Waals surface area contributed by atoms with Crippen LogP contribution in [0.2, 0.25) is 0 Å². The molecule has 1 rings (SSSR count). The summed E-state index contributed by atoms with van der Waals surface area (Å²) in [5.74, 6) is -0.587. The monoisotopic (exact) mass is 208 g/mol. The zero-order valence-electron chi connectivity index (χ0n) is 8.21. The number of nitro groups is 2. The Labute approximate surface area is 101 Å². The van der Waals surface area contributed by atoms with E-state index < -0.39 is 27.0 Å². The molecular weight excluding hydrogens is 203 g/mol. The zero-order valence-corrected chi connectivity index (χ0v) is 9.21. The second-order valence-electron chi connectivity index (χ2n) is 2.19. The second-order valence-corrected chi connectivity index (χ2v) is 2.19. The topological polar surface area (TPSA) is 107 Å². The van der Waals surface area contributed by atoms with Crippen LogP contribution in [0.1, 0.15) is 1.43 Å². The van der Waals surface area contributed by atoms with Crippen molar-refractivity contribution in [2.75, 3.05) is 0 Å². The molecule has 0 radical (unpaired) electrons. The Morgan fingerprint density at radius 2 is 1.79 bits per heavy atom. The first-order chi connectivity index (χ1) is 6.02. The summed E-state index contributed by atoms with van der Waals surface area (Å²) in [4.78, 5) is 18.7. The Hall–Kier alpha value is -1.18. The molecule has 1 N–H and O–H groups in total. The van der Waals surface area contributed by atoms with Crippen molar-refractivity contribution in [2.24, 2.45) is 0 Å². The van der Waals surface area contributed by atoms with Crippen molar-refractivity contribution < 1.29 is 45.9 Å². The van der Waals surface area contributed by atoms with Gasteiger partial charge in [-0.1, -0.05) is 0 Å². The molecule has 0 atom stereocenters. The van der Waals surface area contributed by atoms with Crippen molar-refractivity contribution in [2.45, 2.75) is 0 Å². The van der Waals surface area contributed by atoms with Crippen LogP contribution < -0.4 is 29.6 Å². The standard InChI is InChI=1S/C6H4N2O5.Na.H/c9-6-2-1-4(7(10)11)3-5(6)8(12)13;;/h1-3,9H;;/q;+1;-1. The SMILES string of the molecule is O=[N+]([O-])c1ccc(O)c([N+](=O)[O-])c1.[H-].[Na+]. The molecule has 8 heteroatoms. The van der Waals surface area contributed by atoms with Crippen molar-refractivity contribution in [1.29, 1.82) is 0 Å². The van der Waals surface area contributed by atoms with Crippen molar-refractivity contribution in [1.82, 2.24) is 0 Å². The molecule has 1 aromatic rings. The van der Waals surface area contributed by atoms with Gasteiger partial charge in [-0.2, -0.15) is 0 Å². The van der Waals surface area contributed by atoms with Crippen molar-refractivity contribution >= 4 is 11.4 Å². The van der Waals surface area contributed by atoms with Gasteiger partial charge >= 0.3 is 35.2 Å². The molecule has 1 aromatic carbocycles. The summed E-state index contributed by atoms with van der Waals surface area (Å²) in [5.41, 5.74) is -1.10. The van der Waals surface area contributed by atoms with Gasteiger partial charge in [-0.25, -0.2) is 0 Å². The van der Waals surface area contributed by atoms with E-state index in [2.05, 4.69) is 0 Å². The van der Waals surface area contributed by atoms with Gasteiger partial charge < -0.3 is 6.53 Å². The van der Waals surface area contributed by atoms with Gasteiger partial charge in [0.15, 0.2) is 5.75 Å². The molecule has 0 amide bonds. The first kappa shape index (κ1) is 12.8. The van der Waals surface area contributed by atoms with E-state index in [0.29, 0.717) is 6.07 Å². The average molecular weight is 208 g/mol. The smallest absolute Gasteiger partial charge is 1.00 e. The van der Waals surface area contributed by atoms with E-state index in [1.807, 2.05) is 0 Å². The van der Waals surface area contributed by atoms with Gasteiger partial charge in [0.1, 0.15) is 0 Å². The number of aromatic hydroxyl groups is 1. The molecule has 0 aliphatic carbocycles. The van der Waals surface area contributed by atoms with Crippen LogP contribution in [-0.4, -0.2) is 15.0 Å². The van der Waals surface area contributed by atoms with Gasteiger partial charge in [0.2, 0.25) is 0 Å². The third-order valence-corrected chi connectivity index (χ3v) is 1.37. The predicted molar refractivity (Wildman–Crippen MR) is 42.5 cm³/mol. The Bertz CT molecular complexity index is 386. The average Bonchev–Trinajstić information content (AvgIpc) is 2.04. The molecule has 0 saturated carbocycles. The molecule has 0 aliphatic heterocycles. The fraction of sp³-hybridized carbons (Fsp3) is 0. The number of non-ortho nitro benzene ring substituents is 1. The number of phenols is 1. The largest absolute Gasteiger partial charge is 1.00 e. The van der Waals surface area contributed by atoms with E-state index in [4.69, 9.17) is 5.11 Å². The maximum atomic E-state index is 10.2. The van der Waals surface area contributed by atoms with E-state index in [-0.39, 0.29) is 31.0 Å². The summed E-state index contributed by atoms with van der Waals surface area (Å²) >= 11 is 0. The van der Waals surface area contributed by atoms with Gasteiger partial charge in [-0.3, -0.25) is 20.2 Å². The molecule has 0 spiro atoms. The van der Waals surface area contributed by atoms with Crippen molar-refractivity contribution in [3.05, 3.63) is 38.4 Å². The molecular formula is C6H5N2NaO5. The van der Waals surface area contributed by atoms with Crippen LogP contribution in [0.4, 0.5) is 11.4 Å². The van der Waals surface area contributed by atoms with E-state index in [9.17, 15) is 20.2 Å². The molecule has 0 unspecified atom stereocenters. The zero-order chi connectivity index (χ0) is 10.0. The molecule has 70 valence electrons. The van der Waals surface area contributed by atoms with E-state index in [0.717, 1.165) is 12.1 Å². The molecule has 0 aromatic heterocycles. The summed E-state index contributed by atoms with van der Waals surface area (Å²) in [7, 11) is 0. The third-order valence-electron chi connectivity index (χ3n) is 1.37. The fourth-order valence-corrected chi connectivity index (χ4v) is 0.772. The maximum absolute atomic E-state index is 10.2. The number of phenolic OH excluding ortho intramolecular Hbond substituents is 1. The van der Waals surface area contributed by atoms with Gasteiger partial charge in [-0.05, 0) is 6.07 Å². The van der Waals surface area contributed by atoms with E-state index in [1.54, 1.807) is 0 Å². The second kappa shape index (κ2) is 4.89. The minimum atomic E-state index is -0.887. The molecule has 7 nitrogen and oxygen atoms in total. The third kappa shape index (κ3) is 2.66. The van der Waals surface area contributed by atoms with Crippen LogP contribution in [-0.2, 0) is 0 Å². The van der Waals surface area contributed by atoms with Crippen LogP contribution in [0, 0.1) is 20.2 Å². The van der Waals surface area contributed by atoms with Crippen LogP contribution in [0.25, 0.3) is 0 Å². The molecule has 0 bridgehead atoms. The number of benzene rings is 1. The quantitative estimate of drug-likeness (QED) is 0.355. The van der Waals surface area contributed by atoms with E-state index >= 15 is 0 Å². The summed E-state index contributed by atoms with van der Waals surface area (Å²) < 4.78 is 0. The van der Waals surface area contributed by atoms with Gasteiger partial charge in [0, 0.05) is 6.07 Å². The Morgan fingerprint density at radius 3 is 2.21 bits per heavy atom. The maximum Gasteiger partial charge on any atom is 1.00 e. The van der Waals surface area contributed by atoms with Crippen LogP contribution in [0.3, 0.4) is 0 Å². The Balaban J connectivity index is 0. The Morgan fingerprint density at radius 1 is 1.21 bits per heavy atom. The predicted octanol–water partition coefficient (Wildman–Crippen LogP) is -1.67. The normalized spacial score (nSPS) is 8.86. The Kier molecular flexibility index (Phi) is 4.48. The first-order valence-electron chi connectivity index (χ1n) is 3.14. The van der Waals surface area contributed by atoms with Crippen molar-refractivity contribution in [3.63, 3.8) is 0 Å². The summed E-state index contributed by atoms with van der Waals surface area (Å²) in [5, 5.41) is 29.3. The summed E-state index contributed by atoms with van der Waals surface area (Å²) in [6, 6.07) is 2.61. The molecule has 14 heavy (non-hydrogen) atoms. The van der Waals surface area contributed by atoms with Crippen molar-refractivity contribution in [3.8, 4) is 5.75 Å². The minimum Gasteiger partial charge on any atom is -1.00 e. The summed E-state index contributed by atoms with van der Waals surface area (Å²) in [6.45, 7) is 0. The van der Waals surface area contributed by atoms with Crippen LogP contribution in [0.15, 0.2) is 18.2 Å². The summed E-state index contributed by atoms with van der Waals surface area (Å²) in [6.07, 6.45) is 0. The molecule has 0 saturated heterocycles. The number of hydrogen-bond donors (Lipinski definition) is 1. The number of hydrogen-bond acceptors (Lipinski definition) is 5. The molecule has 0 fully saturated rings. The van der Waals surface area contributed by atoms with Gasteiger partial charge in [0.05, 0.1) is 15.9 Å².